The number of piperidine rings is 1. The van der Waals surface area contributed by atoms with Gasteiger partial charge in [0.2, 0.25) is 5.91 Å². The van der Waals surface area contributed by atoms with Gasteiger partial charge in [-0.3, -0.25) is 4.79 Å². The summed E-state index contributed by atoms with van der Waals surface area (Å²) in [5.41, 5.74) is 7.20. The lowest BCUT2D eigenvalue weighted by Gasteiger charge is -2.61. The number of amides is 1. The maximum Gasteiger partial charge on any atom is 0.222 e. The van der Waals surface area contributed by atoms with E-state index in [0.29, 0.717) is 28.8 Å². The van der Waals surface area contributed by atoms with Gasteiger partial charge in [-0.25, -0.2) is 0 Å². The molecule has 0 radical (unpaired) electrons. The average molecular weight is 304 g/mol. The Morgan fingerprint density at radius 1 is 1.14 bits per heavy atom. The number of nitrogens with zero attached hydrogens (tertiary/aromatic N) is 1. The quantitative estimate of drug-likeness (QED) is 0.747. The molecule has 2 N–H and O–H groups in total. The van der Waals surface area contributed by atoms with Crippen molar-refractivity contribution in [2.75, 3.05) is 7.05 Å². The fourth-order valence-corrected chi connectivity index (χ4v) is 7.27. The van der Waals surface area contributed by atoms with Crippen LogP contribution in [-0.4, -0.2) is 29.9 Å². The summed E-state index contributed by atoms with van der Waals surface area (Å²) in [6.07, 6.45) is 9.58. The van der Waals surface area contributed by atoms with Crippen LogP contribution in [0.1, 0.15) is 65.2 Å². The van der Waals surface area contributed by atoms with Gasteiger partial charge >= 0.3 is 0 Å². The van der Waals surface area contributed by atoms with Crippen LogP contribution in [0.15, 0.2) is 0 Å². The molecule has 3 saturated carbocycles. The summed E-state index contributed by atoms with van der Waals surface area (Å²) in [6, 6.07) is 0.907. The number of hydrogen-bond donors (Lipinski definition) is 1. The minimum absolute atomic E-state index is 0.347. The standard InChI is InChI=1S/C19H32N2O/c1-18-8-6-14-13(15(18)10-12(20)11-18)4-5-16-19(14,2)9-7-17(22)21(16)3/h12-16H,4-11,20H2,1-3H3/t12?,13-,14-,15+,16?,18-,19-/m1/s1. The first-order valence-corrected chi connectivity index (χ1v) is 9.36. The molecule has 1 saturated heterocycles. The van der Waals surface area contributed by atoms with Crippen molar-refractivity contribution >= 4 is 5.91 Å². The zero-order valence-electron chi connectivity index (χ0n) is 14.5. The van der Waals surface area contributed by atoms with Crippen LogP contribution in [0.5, 0.6) is 0 Å². The molecule has 22 heavy (non-hydrogen) atoms. The molecular weight excluding hydrogens is 272 g/mol. The Morgan fingerprint density at radius 2 is 1.91 bits per heavy atom. The highest BCUT2D eigenvalue weighted by Crippen LogP contribution is 2.64. The number of carbonyl (C=O) groups is 1. The van der Waals surface area contributed by atoms with Gasteiger partial charge < -0.3 is 10.6 Å². The van der Waals surface area contributed by atoms with Gasteiger partial charge in [-0.05, 0) is 73.5 Å². The second kappa shape index (κ2) is 4.72. The highest BCUT2D eigenvalue weighted by molar-refractivity contribution is 5.77. The smallest absolute Gasteiger partial charge is 0.222 e. The first kappa shape index (κ1) is 15.0. The topological polar surface area (TPSA) is 46.3 Å². The summed E-state index contributed by atoms with van der Waals surface area (Å²) in [5, 5.41) is 0. The van der Waals surface area contributed by atoms with E-state index in [1.807, 2.05) is 7.05 Å². The minimum Gasteiger partial charge on any atom is -0.342 e. The fourth-order valence-electron chi connectivity index (χ4n) is 7.27. The number of hydrogen-bond acceptors (Lipinski definition) is 2. The molecule has 7 atom stereocenters. The van der Waals surface area contributed by atoms with Crippen LogP contribution in [-0.2, 0) is 4.79 Å². The lowest BCUT2D eigenvalue weighted by atomic mass is 9.47. The van der Waals surface area contributed by atoms with E-state index in [2.05, 4.69) is 18.7 Å². The van der Waals surface area contributed by atoms with Gasteiger partial charge in [-0.15, -0.1) is 0 Å². The van der Waals surface area contributed by atoms with Crippen LogP contribution in [0, 0.1) is 28.6 Å². The summed E-state index contributed by atoms with van der Waals surface area (Å²) in [7, 11) is 2.04. The maximum atomic E-state index is 12.1. The van der Waals surface area contributed by atoms with E-state index in [1.165, 1.54) is 38.5 Å². The van der Waals surface area contributed by atoms with E-state index in [1.54, 1.807) is 0 Å². The van der Waals surface area contributed by atoms with Crippen LogP contribution in [0.3, 0.4) is 0 Å². The number of fused-ring (bicyclic) bond motifs is 5. The van der Waals surface area contributed by atoms with Crippen molar-refractivity contribution in [3.63, 3.8) is 0 Å². The summed E-state index contributed by atoms with van der Waals surface area (Å²) in [5.74, 6) is 2.87. The molecule has 3 heteroatoms. The third-order valence-electron chi connectivity index (χ3n) is 8.36. The molecular formula is C19H32N2O. The van der Waals surface area contributed by atoms with Crippen LogP contribution in [0.4, 0.5) is 0 Å². The van der Waals surface area contributed by atoms with Crippen LogP contribution >= 0.6 is 0 Å². The van der Waals surface area contributed by atoms with E-state index in [9.17, 15) is 4.79 Å². The van der Waals surface area contributed by atoms with Gasteiger partial charge in [0.1, 0.15) is 0 Å². The Labute approximate surface area is 135 Å². The van der Waals surface area contributed by atoms with Gasteiger partial charge in [-0.2, -0.15) is 0 Å². The third-order valence-corrected chi connectivity index (χ3v) is 8.36. The number of nitrogens with two attached hydrogens (primary N) is 1. The molecule has 4 aliphatic rings. The van der Waals surface area contributed by atoms with Gasteiger partial charge in [0.25, 0.3) is 0 Å². The molecule has 1 amide bonds. The fraction of sp³-hybridized carbons (Fsp3) is 0.947. The molecule has 3 nitrogen and oxygen atoms in total. The predicted octanol–water partition coefficient (Wildman–Crippen LogP) is 3.18. The highest BCUT2D eigenvalue weighted by atomic mass is 16.2. The number of carbonyl (C=O) groups excluding carboxylic acids is 1. The normalized spacial score (nSPS) is 54.6. The molecule has 0 aromatic heterocycles. The molecule has 0 aromatic carbocycles. The Morgan fingerprint density at radius 3 is 2.68 bits per heavy atom. The number of likely N-dealkylation sites (tertiary alicyclic amines) is 1. The average Bonchev–Trinajstić information content (AvgIpc) is 2.78. The third kappa shape index (κ3) is 1.87. The first-order chi connectivity index (χ1) is 10.3. The summed E-state index contributed by atoms with van der Waals surface area (Å²) in [4.78, 5) is 14.2. The van der Waals surface area contributed by atoms with E-state index >= 15 is 0 Å². The van der Waals surface area contributed by atoms with Crippen LogP contribution < -0.4 is 5.73 Å². The summed E-state index contributed by atoms with van der Waals surface area (Å²) in [6.45, 7) is 5.00. The van der Waals surface area contributed by atoms with Crippen molar-refractivity contribution in [2.24, 2.45) is 34.3 Å². The van der Waals surface area contributed by atoms with Crippen LogP contribution in [0.25, 0.3) is 0 Å². The Balaban J connectivity index is 1.65. The molecule has 0 spiro atoms. The van der Waals surface area contributed by atoms with Gasteiger partial charge in [0, 0.05) is 25.6 Å². The van der Waals surface area contributed by atoms with Crippen molar-refractivity contribution < 1.29 is 4.79 Å². The minimum atomic E-state index is 0.347. The van der Waals surface area contributed by atoms with E-state index in [0.717, 1.165) is 30.6 Å². The zero-order valence-corrected chi connectivity index (χ0v) is 14.5. The van der Waals surface area contributed by atoms with Crippen molar-refractivity contribution in [3.05, 3.63) is 0 Å². The molecule has 1 heterocycles. The maximum absolute atomic E-state index is 12.1. The van der Waals surface area contributed by atoms with Crippen LogP contribution in [0.2, 0.25) is 0 Å². The lowest BCUT2D eigenvalue weighted by Crippen LogP contribution is -2.61. The SMILES string of the molecule is CN1C(=O)CC[C@@]2(C)C1CC[C@@H]1[C@H]2CC[C@]2(C)CC(N)C[C@@H]12. The van der Waals surface area contributed by atoms with E-state index in [-0.39, 0.29) is 0 Å². The molecule has 3 aliphatic carbocycles. The predicted molar refractivity (Wildman–Crippen MR) is 88.2 cm³/mol. The van der Waals surface area contributed by atoms with Gasteiger partial charge in [0.05, 0.1) is 0 Å². The van der Waals surface area contributed by atoms with E-state index < -0.39 is 0 Å². The molecule has 4 fully saturated rings. The summed E-state index contributed by atoms with van der Waals surface area (Å²) < 4.78 is 0. The lowest BCUT2D eigenvalue weighted by molar-refractivity contribution is -0.156. The van der Waals surface area contributed by atoms with Crippen molar-refractivity contribution in [3.8, 4) is 0 Å². The van der Waals surface area contributed by atoms with Crippen molar-refractivity contribution in [1.82, 2.24) is 4.90 Å². The summed E-state index contributed by atoms with van der Waals surface area (Å²) >= 11 is 0. The van der Waals surface area contributed by atoms with E-state index in [4.69, 9.17) is 5.73 Å². The second-order valence-electron chi connectivity index (χ2n) is 9.37. The second-order valence-corrected chi connectivity index (χ2v) is 9.37. The van der Waals surface area contributed by atoms with Crippen molar-refractivity contribution in [2.45, 2.75) is 77.3 Å². The molecule has 0 aromatic rings. The monoisotopic (exact) mass is 304 g/mol. The molecule has 124 valence electrons. The van der Waals surface area contributed by atoms with Gasteiger partial charge in [-0.1, -0.05) is 13.8 Å². The Kier molecular flexibility index (Phi) is 3.21. The molecule has 4 rings (SSSR count). The molecule has 2 unspecified atom stereocenters. The highest BCUT2D eigenvalue weighted by Gasteiger charge is 2.59. The zero-order chi connectivity index (χ0) is 15.7. The number of rotatable bonds is 0. The van der Waals surface area contributed by atoms with Gasteiger partial charge in [0.15, 0.2) is 0 Å². The molecule has 1 aliphatic heterocycles. The Hall–Kier alpha value is -0.570. The van der Waals surface area contributed by atoms with Crippen molar-refractivity contribution in [1.29, 1.82) is 0 Å². The largest absolute Gasteiger partial charge is 0.342 e. The Bertz CT molecular complexity index is 492. The molecule has 0 bridgehead atoms. The first-order valence-electron chi connectivity index (χ1n) is 9.36.